The van der Waals surface area contributed by atoms with Gasteiger partial charge in [0, 0.05) is 23.4 Å². The van der Waals surface area contributed by atoms with Gasteiger partial charge in [-0.15, -0.1) is 0 Å². The highest BCUT2D eigenvalue weighted by molar-refractivity contribution is 8.13. The van der Waals surface area contributed by atoms with Crippen LogP contribution in [0.4, 0.5) is 0 Å². The molecular weight excluding hydrogens is 359 g/mol. The molecule has 8 heteroatoms. The molecule has 0 amide bonds. The fourth-order valence-electron chi connectivity index (χ4n) is 1.44. The summed E-state index contributed by atoms with van der Waals surface area (Å²) in [4.78, 5) is -0.239. The van der Waals surface area contributed by atoms with Gasteiger partial charge in [-0.05, 0) is 18.4 Å². The van der Waals surface area contributed by atoms with Gasteiger partial charge in [0.25, 0.3) is 9.05 Å². The van der Waals surface area contributed by atoms with Gasteiger partial charge in [-0.2, -0.15) is 0 Å². The summed E-state index contributed by atoms with van der Waals surface area (Å²) in [5.74, 6) is 0.877. The van der Waals surface area contributed by atoms with Gasteiger partial charge in [0.15, 0.2) is 0 Å². The molecule has 1 aromatic carbocycles. The highest BCUT2D eigenvalue weighted by Gasteiger charge is 2.18. The Morgan fingerprint density at radius 2 is 1.76 bits per heavy atom. The second-order valence-corrected chi connectivity index (χ2v) is 8.14. The van der Waals surface area contributed by atoms with Crippen molar-refractivity contribution >= 4 is 42.9 Å². The molecule has 0 radical (unpaired) electrons. The van der Waals surface area contributed by atoms with E-state index < -0.39 is 9.05 Å². The predicted molar refractivity (Wildman–Crippen MR) is 85.3 cm³/mol. The first kappa shape index (κ1) is 18.8. The number of hydrogen-bond acceptors (Lipinski definition) is 4. The summed E-state index contributed by atoms with van der Waals surface area (Å²) in [7, 11) is 1.31. The fraction of sp³-hybridized carbons (Fsp3) is 0.538. The predicted octanol–water partition coefficient (Wildman–Crippen LogP) is 4.36. The molecule has 0 N–H and O–H groups in total. The van der Waals surface area contributed by atoms with Crippen LogP contribution in [0.25, 0.3) is 0 Å². The van der Waals surface area contributed by atoms with Gasteiger partial charge < -0.3 is 9.47 Å². The van der Waals surface area contributed by atoms with E-state index in [1.807, 2.05) is 0 Å². The van der Waals surface area contributed by atoms with Crippen molar-refractivity contribution < 1.29 is 17.9 Å². The molecule has 0 fully saturated rings. The third-order valence-electron chi connectivity index (χ3n) is 2.57. The maximum Gasteiger partial charge on any atom is 0.262 e. The SMILES string of the molecule is CC(C)CCOCCOc1cc(Cl)c(S(=O)(=O)Cl)cc1Cl. The zero-order valence-corrected chi connectivity index (χ0v) is 14.8. The molecule has 4 nitrogen and oxygen atoms in total. The molecule has 1 rings (SSSR count). The van der Waals surface area contributed by atoms with Crippen LogP contribution in [-0.4, -0.2) is 28.2 Å². The number of hydrogen-bond donors (Lipinski definition) is 0. The van der Waals surface area contributed by atoms with Crippen LogP contribution in [0.5, 0.6) is 5.75 Å². The van der Waals surface area contributed by atoms with Crippen LogP contribution in [0.1, 0.15) is 20.3 Å². The molecule has 120 valence electrons. The van der Waals surface area contributed by atoms with Gasteiger partial charge in [0.1, 0.15) is 17.3 Å². The Balaban J connectivity index is 2.56. The van der Waals surface area contributed by atoms with Crippen LogP contribution in [0.3, 0.4) is 0 Å². The van der Waals surface area contributed by atoms with Gasteiger partial charge in [-0.1, -0.05) is 37.0 Å². The zero-order chi connectivity index (χ0) is 16.0. The van der Waals surface area contributed by atoms with E-state index in [0.717, 1.165) is 6.42 Å². The molecule has 0 unspecified atom stereocenters. The van der Waals surface area contributed by atoms with Crippen molar-refractivity contribution in [3.05, 3.63) is 22.2 Å². The maximum atomic E-state index is 11.3. The number of rotatable bonds is 8. The molecule has 0 aromatic heterocycles. The molecule has 0 aliphatic rings. The molecular formula is C13H17Cl3O4S. The Kier molecular flexibility index (Phi) is 7.57. The summed E-state index contributed by atoms with van der Waals surface area (Å²) >= 11 is 11.8. The lowest BCUT2D eigenvalue weighted by Gasteiger charge is -2.11. The third kappa shape index (κ3) is 6.61. The molecule has 0 heterocycles. The van der Waals surface area contributed by atoms with Crippen LogP contribution in [0, 0.1) is 5.92 Å². The van der Waals surface area contributed by atoms with Crippen molar-refractivity contribution in [3.63, 3.8) is 0 Å². The van der Waals surface area contributed by atoms with E-state index in [0.29, 0.717) is 25.7 Å². The van der Waals surface area contributed by atoms with E-state index in [-0.39, 0.29) is 20.7 Å². The van der Waals surface area contributed by atoms with E-state index in [2.05, 4.69) is 13.8 Å². The fourth-order valence-corrected chi connectivity index (χ4v) is 3.23. The average Bonchev–Trinajstić information content (AvgIpc) is 2.35. The lowest BCUT2D eigenvalue weighted by atomic mass is 10.1. The lowest BCUT2D eigenvalue weighted by Crippen LogP contribution is -2.09. The van der Waals surface area contributed by atoms with E-state index in [1.165, 1.54) is 12.1 Å². The molecule has 0 spiro atoms. The summed E-state index contributed by atoms with van der Waals surface area (Å²) < 4.78 is 33.3. The van der Waals surface area contributed by atoms with Gasteiger partial charge in [-0.25, -0.2) is 8.42 Å². The first-order valence-electron chi connectivity index (χ1n) is 6.36. The van der Waals surface area contributed by atoms with Crippen molar-refractivity contribution in [3.8, 4) is 5.75 Å². The van der Waals surface area contributed by atoms with Crippen molar-refractivity contribution in [2.24, 2.45) is 5.92 Å². The monoisotopic (exact) mass is 374 g/mol. The molecule has 21 heavy (non-hydrogen) atoms. The maximum absolute atomic E-state index is 11.3. The first-order valence-corrected chi connectivity index (χ1v) is 9.42. The smallest absolute Gasteiger partial charge is 0.262 e. The van der Waals surface area contributed by atoms with Crippen LogP contribution < -0.4 is 4.74 Å². The second kappa shape index (κ2) is 8.44. The Bertz CT molecular complexity index is 573. The Morgan fingerprint density at radius 3 is 2.33 bits per heavy atom. The summed E-state index contributed by atoms with van der Waals surface area (Å²) in [5, 5.41) is 0.0888. The molecule has 0 bridgehead atoms. The minimum Gasteiger partial charge on any atom is -0.490 e. The molecule has 0 saturated carbocycles. The lowest BCUT2D eigenvalue weighted by molar-refractivity contribution is 0.0926. The van der Waals surface area contributed by atoms with Crippen LogP contribution in [-0.2, 0) is 13.8 Å². The largest absolute Gasteiger partial charge is 0.490 e. The number of ether oxygens (including phenoxy) is 2. The van der Waals surface area contributed by atoms with Gasteiger partial charge in [-0.3, -0.25) is 0 Å². The van der Waals surface area contributed by atoms with Crippen molar-refractivity contribution in [2.45, 2.75) is 25.2 Å². The molecule has 0 aliphatic heterocycles. The normalized spacial score (nSPS) is 11.9. The van der Waals surface area contributed by atoms with Crippen molar-refractivity contribution in [1.82, 2.24) is 0 Å². The minimum absolute atomic E-state index is 0.0369. The zero-order valence-electron chi connectivity index (χ0n) is 11.7. The van der Waals surface area contributed by atoms with Crippen LogP contribution in [0.15, 0.2) is 17.0 Å². The van der Waals surface area contributed by atoms with Gasteiger partial charge in [0.05, 0.1) is 16.7 Å². The van der Waals surface area contributed by atoms with E-state index in [9.17, 15) is 8.42 Å². The van der Waals surface area contributed by atoms with E-state index in [4.69, 9.17) is 43.4 Å². The summed E-state index contributed by atoms with van der Waals surface area (Å²) in [6.07, 6.45) is 0.981. The standard InChI is InChI=1S/C13H17Cl3O4S/c1-9(2)3-4-19-5-6-20-12-7-11(15)13(8-10(12)14)21(16,17)18/h7-9H,3-6H2,1-2H3. The Hall–Kier alpha value is -0.200. The van der Waals surface area contributed by atoms with E-state index in [1.54, 1.807) is 0 Å². The molecule has 0 saturated heterocycles. The van der Waals surface area contributed by atoms with Crippen LogP contribution in [0.2, 0.25) is 10.0 Å². The summed E-state index contributed by atoms with van der Waals surface area (Å²) in [5.41, 5.74) is 0. The Morgan fingerprint density at radius 1 is 1.10 bits per heavy atom. The van der Waals surface area contributed by atoms with Gasteiger partial charge in [0.2, 0.25) is 0 Å². The summed E-state index contributed by atoms with van der Waals surface area (Å²) in [6.45, 7) is 5.61. The molecule has 0 atom stereocenters. The average molecular weight is 376 g/mol. The number of benzene rings is 1. The Labute approximate surface area is 139 Å². The molecule has 0 aliphatic carbocycles. The quantitative estimate of drug-likeness (QED) is 0.500. The van der Waals surface area contributed by atoms with E-state index >= 15 is 0 Å². The van der Waals surface area contributed by atoms with Crippen molar-refractivity contribution in [1.29, 1.82) is 0 Å². The van der Waals surface area contributed by atoms with Crippen molar-refractivity contribution in [2.75, 3.05) is 19.8 Å². The number of halogens is 3. The second-order valence-electron chi connectivity index (χ2n) is 4.79. The van der Waals surface area contributed by atoms with Crippen LogP contribution >= 0.6 is 33.9 Å². The minimum atomic E-state index is -3.94. The third-order valence-corrected chi connectivity index (χ3v) is 4.66. The van der Waals surface area contributed by atoms with Gasteiger partial charge >= 0.3 is 0 Å². The molecule has 1 aromatic rings. The summed E-state index contributed by atoms with van der Waals surface area (Å²) in [6, 6.07) is 2.49. The highest BCUT2D eigenvalue weighted by Crippen LogP contribution is 2.34. The first-order chi connectivity index (χ1) is 9.71. The topological polar surface area (TPSA) is 52.6 Å². The highest BCUT2D eigenvalue weighted by atomic mass is 35.7.